The molecule has 6 nitrogen and oxygen atoms in total. The van der Waals surface area contributed by atoms with Gasteiger partial charge in [-0.15, -0.1) is 0 Å². The number of benzene rings is 1. The Hall–Kier alpha value is -2.21. The van der Waals surface area contributed by atoms with E-state index in [0.717, 1.165) is 52.1 Å². The maximum absolute atomic E-state index is 12.7. The van der Waals surface area contributed by atoms with E-state index < -0.39 is 0 Å². The molecule has 2 aromatic rings. The fraction of sp³-hybridized carbons (Fsp3) is 0.526. The van der Waals surface area contributed by atoms with Crippen LogP contribution >= 0.6 is 0 Å². The molecule has 132 valence electrons. The Morgan fingerprint density at radius 1 is 1.12 bits per heavy atom. The van der Waals surface area contributed by atoms with Crippen LogP contribution in [0.3, 0.4) is 0 Å². The highest BCUT2D eigenvalue weighted by molar-refractivity contribution is 5.77. The van der Waals surface area contributed by atoms with E-state index >= 15 is 0 Å². The quantitative estimate of drug-likeness (QED) is 0.829. The lowest BCUT2D eigenvalue weighted by molar-refractivity contribution is -0.133. The molecule has 1 fully saturated rings. The Morgan fingerprint density at radius 3 is 2.76 bits per heavy atom. The third-order valence-corrected chi connectivity index (χ3v) is 5.51. The summed E-state index contributed by atoms with van der Waals surface area (Å²) in [5.74, 6) is 0.728. The molecule has 1 amide bonds. The molecular weight excluding hydrogens is 314 g/mol. The van der Waals surface area contributed by atoms with E-state index in [1.807, 2.05) is 9.58 Å². The molecule has 0 radical (unpaired) electrons. The first kappa shape index (κ1) is 16.3. The van der Waals surface area contributed by atoms with Gasteiger partial charge in [0.05, 0.1) is 6.54 Å². The van der Waals surface area contributed by atoms with Gasteiger partial charge in [-0.1, -0.05) is 24.3 Å². The van der Waals surface area contributed by atoms with Crippen molar-refractivity contribution >= 4 is 5.91 Å². The first-order chi connectivity index (χ1) is 12.3. The summed E-state index contributed by atoms with van der Waals surface area (Å²) in [5.41, 5.74) is 2.82. The number of rotatable bonds is 5. The van der Waals surface area contributed by atoms with E-state index in [4.69, 9.17) is 0 Å². The molecule has 0 bridgehead atoms. The Bertz CT molecular complexity index is 706. The average molecular weight is 339 g/mol. The number of nitrogens with zero attached hydrogens (tertiary/aromatic N) is 5. The van der Waals surface area contributed by atoms with Crippen LogP contribution in [0, 0.1) is 0 Å². The summed E-state index contributed by atoms with van der Waals surface area (Å²) in [6, 6.07) is 8.59. The van der Waals surface area contributed by atoms with Crippen LogP contribution in [0.15, 0.2) is 36.9 Å². The van der Waals surface area contributed by atoms with Gasteiger partial charge in [0.1, 0.15) is 12.7 Å². The van der Waals surface area contributed by atoms with Gasteiger partial charge >= 0.3 is 0 Å². The van der Waals surface area contributed by atoms with Gasteiger partial charge < -0.3 is 4.90 Å². The van der Waals surface area contributed by atoms with Crippen LogP contribution in [-0.2, 0) is 17.8 Å². The van der Waals surface area contributed by atoms with Crippen molar-refractivity contribution < 1.29 is 4.79 Å². The maximum atomic E-state index is 12.7. The largest absolute Gasteiger partial charge is 0.340 e. The number of aryl methyl sites for hydroxylation is 1. The smallest absolute Gasteiger partial charge is 0.223 e. The van der Waals surface area contributed by atoms with Gasteiger partial charge in [-0.2, -0.15) is 5.10 Å². The summed E-state index contributed by atoms with van der Waals surface area (Å²) in [5, 5.41) is 4.13. The van der Waals surface area contributed by atoms with Crippen LogP contribution < -0.4 is 0 Å². The first-order valence-electron chi connectivity index (χ1n) is 9.20. The van der Waals surface area contributed by atoms with Crippen LogP contribution in [-0.4, -0.2) is 63.2 Å². The molecule has 1 aliphatic carbocycles. The second kappa shape index (κ2) is 7.35. The van der Waals surface area contributed by atoms with Crippen LogP contribution in [0.4, 0.5) is 0 Å². The summed E-state index contributed by atoms with van der Waals surface area (Å²) >= 11 is 0. The summed E-state index contributed by atoms with van der Waals surface area (Å²) in [4.78, 5) is 21.1. The third kappa shape index (κ3) is 3.74. The fourth-order valence-electron chi connectivity index (χ4n) is 4.01. The van der Waals surface area contributed by atoms with Gasteiger partial charge in [-0.25, -0.2) is 4.98 Å². The van der Waals surface area contributed by atoms with Crippen molar-refractivity contribution in [1.29, 1.82) is 0 Å². The van der Waals surface area contributed by atoms with E-state index in [9.17, 15) is 4.79 Å². The molecule has 1 saturated heterocycles. The predicted octanol–water partition coefficient (Wildman–Crippen LogP) is 1.54. The molecule has 1 atom stereocenters. The number of piperazine rings is 1. The van der Waals surface area contributed by atoms with Crippen molar-refractivity contribution in [3.05, 3.63) is 48.0 Å². The van der Waals surface area contributed by atoms with E-state index in [0.29, 0.717) is 18.2 Å². The van der Waals surface area contributed by atoms with E-state index in [-0.39, 0.29) is 0 Å². The van der Waals surface area contributed by atoms with Gasteiger partial charge in [0.25, 0.3) is 0 Å². The lowest BCUT2D eigenvalue weighted by Crippen LogP contribution is -2.49. The van der Waals surface area contributed by atoms with Gasteiger partial charge in [0, 0.05) is 39.1 Å². The topological polar surface area (TPSA) is 54.3 Å². The van der Waals surface area contributed by atoms with Crippen molar-refractivity contribution in [2.75, 3.05) is 32.7 Å². The molecule has 25 heavy (non-hydrogen) atoms. The summed E-state index contributed by atoms with van der Waals surface area (Å²) < 4.78 is 1.86. The standard InChI is InChI=1S/C19H25N5O/c25-19(13-17-6-5-16-3-1-2-4-18(16)17)23-10-7-22(8-11-23)9-12-24-15-20-14-21-24/h1-4,14-15,17H,5-13H2/t17-/m0/s1. The molecule has 1 aromatic heterocycles. The molecule has 6 heteroatoms. The van der Waals surface area contributed by atoms with E-state index in [1.165, 1.54) is 11.1 Å². The zero-order chi connectivity index (χ0) is 17.1. The van der Waals surface area contributed by atoms with Crippen molar-refractivity contribution in [3.8, 4) is 0 Å². The predicted molar refractivity (Wildman–Crippen MR) is 95.2 cm³/mol. The number of hydrogen-bond donors (Lipinski definition) is 0. The van der Waals surface area contributed by atoms with Gasteiger partial charge in [-0.3, -0.25) is 14.4 Å². The van der Waals surface area contributed by atoms with Crippen molar-refractivity contribution in [2.24, 2.45) is 0 Å². The summed E-state index contributed by atoms with van der Waals surface area (Å²) in [6.07, 6.45) is 6.21. The van der Waals surface area contributed by atoms with Crippen LogP contribution in [0.1, 0.15) is 29.9 Å². The highest BCUT2D eigenvalue weighted by Gasteiger charge is 2.27. The second-order valence-corrected chi connectivity index (χ2v) is 7.02. The Kier molecular flexibility index (Phi) is 4.78. The molecular formula is C19H25N5O. The SMILES string of the molecule is O=C(C[C@@H]1CCc2ccccc21)N1CCN(CCn2cncn2)CC1. The second-order valence-electron chi connectivity index (χ2n) is 7.02. The Morgan fingerprint density at radius 2 is 1.96 bits per heavy atom. The number of aromatic nitrogens is 3. The lowest BCUT2D eigenvalue weighted by atomic mass is 9.97. The Labute approximate surface area is 148 Å². The Balaban J connectivity index is 1.24. The van der Waals surface area contributed by atoms with Crippen molar-refractivity contribution in [3.63, 3.8) is 0 Å². The highest BCUT2D eigenvalue weighted by atomic mass is 16.2. The zero-order valence-electron chi connectivity index (χ0n) is 14.5. The minimum atomic E-state index is 0.317. The number of amides is 1. The molecule has 0 spiro atoms. The molecule has 2 aliphatic rings. The molecule has 0 unspecified atom stereocenters. The normalized spacial score (nSPS) is 20.6. The number of hydrogen-bond acceptors (Lipinski definition) is 4. The van der Waals surface area contributed by atoms with Gasteiger partial charge in [0.15, 0.2) is 0 Å². The first-order valence-corrected chi connectivity index (χ1v) is 9.20. The minimum absolute atomic E-state index is 0.317. The van der Waals surface area contributed by atoms with Crippen molar-refractivity contribution in [2.45, 2.75) is 31.7 Å². The van der Waals surface area contributed by atoms with E-state index in [1.54, 1.807) is 12.7 Å². The maximum Gasteiger partial charge on any atom is 0.223 e. The van der Waals surface area contributed by atoms with E-state index in [2.05, 4.69) is 39.2 Å². The number of carbonyl (C=O) groups excluding carboxylic acids is 1. The molecule has 4 rings (SSSR count). The average Bonchev–Trinajstić information content (AvgIpc) is 3.31. The fourth-order valence-corrected chi connectivity index (χ4v) is 4.01. The minimum Gasteiger partial charge on any atom is -0.340 e. The molecule has 0 N–H and O–H groups in total. The van der Waals surface area contributed by atoms with Gasteiger partial charge in [0.2, 0.25) is 5.91 Å². The van der Waals surface area contributed by atoms with Gasteiger partial charge in [-0.05, 0) is 29.9 Å². The lowest BCUT2D eigenvalue weighted by Gasteiger charge is -2.35. The van der Waals surface area contributed by atoms with Crippen LogP contribution in [0.2, 0.25) is 0 Å². The molecule has 2 heterocycles. The number of carbonyl (C=O) groups is 1. The monoisotopic (exact) mass is 339 g/mol. The summed E-state index contributed by atoms with van der Waals surface area (Å²) in [6.45, 7) is 5.38. The van der Waals surface area contributed by atoms with Crippen LogP contribution in [0.25, 0.3) is 0 Å². The summed E-state index contributed by atoms with van der Waals surface area (Å²) in [7, 11) is 0. The molecule has 1 aliphatic heterocycles. The highest BCUT2D eigenvalue weighted by Crippen LogP contribution is 2.35. The zero-order valence-corrected chi connectivity index (χ0v) is 14.5. The third-order valence-electron chi connectivity index (χ3n) is 5.51. The molecule has 0 saturated carbocycles. The van der Waals surface area contributed by atoms with Crippen LogP contribution in [0.5, 0.6) is 0 Å². The van der Waals surface area contributed by atoms with Crippen molar-refractivity contribution in [1.82, 2.24) is 24.6 Å². The molecule has 1 aromatic carbocycles. The number of fused-ring (bicyclic) bond motifs is 1.